The van der Waals surface area contributed by atoms with Gasteiger partial charge in [-0.3, -0.25) is 4.79 Å². The van der Waals surface area contributed by atoms with Crippen molar-refractivity contribution in [1.29, 1.82) is 0 Å². The average molecular weight is 277 g/mol. The molecule has 4 nitrogen and oxygen atoms in total. The Bertz CT molecular complexity index is 388. The maximum atomic E-state index is 13.0. The second-order valence-electron chi connectivity index (χ2n) is 3.56. The number of rotatable bonds is 6. The van der Waals surface area contributed by atoms with E-state index in [2.05, 4.69) is 10.6 Å². The standard InChI is InChI=1S/C12H17FN2O2.ClH/c1-14-6-3-7-15-12(16)10-8-9(13)4-5-11(10)17-2;/h4-5,8,14H,3,6-7H2,1-2H3,(H,15,16);1H. The van der Waals surface area contributed by atoms with Crippen molar-refractivity contribution in [3.63, 3.8) is 0 Å². The largest absolute Gasteiger partial charge is 0.496 e. The number of carbonyl (C=O) groups is 1. The minimum absolute atomic E-state index is 0. The minimum Gasteiger partial charge on any atom is -0.496 e. The van der Waals surface area contributed by atoms with Gasteiger partial charge in [0.05, 0.1) is 12.7 Å². The smallest absolute Gasteiger partial charge is 0.255 e. The Labute approximate surface area is 112 Å². The predicted octanol–water partition coefficient (Wildman–Crippen LogP) is 1.60. The summed E-state index contributed by atoms with van der Waals surface area (Å²) in [6.45, 7) is 1.36. The van der Waals surface area contributed by atoms with E-state index in [-0.39, 0.29) is 23.9 Å². The van der Waals surface area contributed by atoms with Crippen LogP contribution in [0.4, 0.5) is 4.39 Å². The van der Waals surface area contributed by atoms with Crippen molar-refractivity contribution in [3.05, 3.63) is 29.6 Å². The van der Waals surface area contributed by atoms with Crippen LogP contribution in [0.5, 0.6) is 5.75 Å². The van der Waals surface area contributed by atoms with Crippen molar-refractivity contribution in [1.82, 2.24) is 10.6 Å². The molecule has 0 saturated carbocycles. The lowest BCUT2D eigenvalue weighted by Gasteiger charge is -2.09. The maximum Gasteiger partial charge on any atom is 0.255 e. The Morgan fingerprint density at radius 3 is 2.72 bits per heavy atom. The number of methoxy groups -OCH3 is 1. The molecule has 0 bridgehead atoms. The van der Waals surface area contributed by atoms with Crippen LogP contribution in [0.1, 0.15) is 16.8 Å². The molecular weight excluding hydrogens is 259 g/mol. The summed E-state index contributed by atoms with van der Waals surface area (Å²) in [5.41, 5.74) is 0.219. The molecule has 18 heavy (non-hydrogen) atoms. The van der Waals surface area contributed by atoms with Crippen LogP contribution in [0.3, 0.4) is 0 Å². The second-order valence-corrected chi connectivity index (χ2v) is 3.56. The van der Waals surface area contributed by atoms with E-state index in [1.54, 1.807) is 0 Å². The highest BCUT2D eigenvalue weighted by atomic mass is 35.5. The van der Waals surface area contributed by atoms with Gasteiger partial charge in [-0.05, 0) is 38.2 Å². The lowest BCUT2D eigenvalue weighted by molar-refractivity contribution is 0.0949. The first-order valence-electron chi connectivity index (χ1n) is 5.45. The molecule has 0 heterocycles. The predicted molar refractivity (Wildman–Crippen MR) is 71.1 cm³/mol. The number of halogens is 2. The molecule has 0 aliphatic heterocycles. The van der Waals surface area contributed by atoms with E-state index in [1.165, 1.54) is 25.3 Å². The molecule has 0 aromatic heterocycles. The van der Waals surface area contributed by atoms with E-state index >= 15 is 0 Å². The van der Waals surface area contributed by atoms with Gasteiger partial charge in [-0.15, -0.1) is 12.4 Å². The lowest BCUT2D eigenvalue weighted by Crippen LogP contribution is -2.27. The Balaban J connectivity index is 0.00000289. The van der Waals surface area contributed by atoms with Gasteiger partial charge in [0, 0.05) is 6.54 Å². The third kappa shape index (κ3) is 4.89. The maximum absolute atomic E-state index is 13.0. The molecule has 2 N–H and O–H groups in total. The first-order chi connectivity index (χ1) is 8.19. The Morgan fingerprint density at radius 2 is 2.11 bits per heavy atom. The molecule has 0 spiro atoms. The monoisotopic (exact) mass is 276 g/mol. The van der Waals surface area contributed by atoms with E-state index in [9.17, 15) is 9.18 Å². The van der Waals surface area contributed by atoms with Crippen molar-refractivity contribution >= 4 is 18.3 Å². The summed E-state index contributed by atoms with van der Waals surface area (Å²) in [5, 5.41) is 5.69. The summed E-state index contributed by atoms with van der Waals surface area (Å²) in [4.78, 5) is 11.8. The van der Waals surface area contributed by atoms with Crippen molar-refractivity contribution in [2.45, 2.75) is 6.42 Å². The quantitative estimate of drug-likeness (QED) is 0.776. The molecule has 0 unspecified atom stereocenters. The number of carbonyl (C=O) groups excluding carboxylic acids is 1. The number of amides is 1. The molecule has 0 atom stereocenters. The highest BCUT2D eigenvalue weighted by molar-refractivity contribution is 5.96. The van der Waals surface area contributed by atoms with Gasteiger partial charge in [-0.2, -0.15) is 0 Å². The third-order valence-corrected chi connectivity index (χ3v) is 2.30. The van der Waals surface area contributed by atoms with Crippen LogP contribution in [0.25, 0.3) is 0 Å². The van der Waals surface area contributed by atoms with Crippen molar-refractivity contribution in [2.24, 2.45) is 0 Å². The first kappa shape index (κ1) is 16.7. The summed E-state index contributed by atoms with van der Waals surface area (Å²) in [5.74, 6) is -0.402. The van der Waals surface area contributed by atoms with E-state index in [0.717, 1.165) is 13.0 Å². The zero-order chi connectivity index (χ0) is 12.7. The summed E-state index contributed by atoms with van der Waals surface area (Å²) in [6.07, 6.45) is 0.819. The summed E-state index contributed by atoms with van der Waals surface area (Å²) < 4.78 is 18.1. The Kier molecular flexibility index (Phi) is 8.07. The van der Waals surface area contributed by atoms with E-state index in [4.69, 9.17) is 4.74 Å². The molecule has 0 saturated heterocycles. The van der Waals surface area contributed by atoms with Crippen LogP contribution < -0.4 is 15.4 Å². The highest BCUT2D eigenvalue weighted by Gasteiger charge is 2.12. The normalized spacial score (nSPS) is 9.50. The van der Waals surface area contributed by atoms with Crippen molar-refractivity contribution in [3.8, 4) is 5.75 Å². The first-order valence-corrected chi connectivity index (χ1v) is 5.45. The molecule has 1 amide bonds. The van der Waals surface area contributed by atoms with Crippen LogP contribution in [0, 0.1) is 5.82 Å². The highest BCUT2D eigenvalue weighted by Crippen LogP contribution is 2.18. The van der Waals surface area contributed by atoms with E-state index in [1.807, 2.05) is 7.05 Å². The molecular formula is C12H18ClFN2O2. The number of nitrogens with one attached hydrogen (secondary N) is 2. The number of ether oxygens (including phenoxy) is 1. The molecule has 0 aliphatic rings. The molecule has 102 valence electrons. The van der Waals surface area contributed by atoms with Gasteiger partial charge in [0.25, 0.3) is 5.91 Å². The average Bonchev–Trinajstić information content (AvgIpc) is 2.34. The minimum atomic E-state index is -0.453. The summed E-state index contributed by atoms with van der Waals surface area (Å²) in [6, 6.07) is 3.88. The fourth-order valence-electron chi connectivity index (χ4n) is 1.42. The number of benzene rings is 1. The fourth-order valence-corrected chi connectivity index (χ4v) is 1.42. The zero-order valence-electron chi connectivity index (χ0n) is 10.5. The zero-order valence-corrected chi connectivity index (χ0v) is 11.3. The van der Waals surface area contributed by atoms with Crippen molar-refractivity contribution in [2.75, 3.05) is 27.2 Å². The van der Waals surface area contributed by atoms with Crippen molar-refractivity contribution < 1.29 is 13.9 Å². The molecule has 1 aromatic carbocycles. The summed E-state index contributed by atoms with van der Waals surface area (Å²) >= 11 is 0. The molecule has 6 heteroatoms. The van der Waals surface area contributed by atoms with Gasteiger partial charge in [-0.1, -0.05) is 0 Å². The van der Waals surface area contributed by atoms with Crippen LogP contribution >= 0.6 is 12.4 Å². The topological polar surface area (TPSA) is 50.4 Å². The van der Waals surface area contributed by atoms with Gasteiger partial charge in [0.1, 0.15) is 11.6 Å². The van der Waals surface area contributed by atoms with Gasteiger partial charge < -0.3 is 15.4 Å². The van der Waals surface area contributed by atoms with E-state index < -0.39 is 5.82 Å². The second kappa shape index (κ2) is 8.72. The van der Waals surface area contributed by atoms with Crippen LogP contribution in [0.15, 0.2) is 18.2 Å². The van der Waals surface area contributed by atoms with Crippen LogP contribution in [-0.2, 0) is 0 Å². The third-order valence-electron chi connectivity index (χ3n) is 2.30. The summed E-state index contributed by atoms with van der Waals surface area (Å²) in [7, 11) is 3.29. The lowest BCUT2D eigenvalue weighted by atomic mass is 10.2. The van der Waals surface area contributed by atoms with Gasteiger partial charge in [-0.25, -0.2) is 4.39 Å². The van der Waals surface area contributed by atoms with Gasteiger partial charge in [0.2, 0.25) is 0 Å². The van der Waals surface area contributed by atoms with Crippen LogP contribution in [0.2, 0.25) is 0 Å². The molecule has 0 aliphatic carbocycles. The molecule has 0 radical (unpaired) electrons. The SMILES string of the molecule is CNCCCNC(=O)c1cc(F)ccc1OC.Cl. The van der Waals surface area contributed by atoms with Gasteiger partial charge >= 0.3 is 0 Å². The number of hydrogen-bond acceptors (Lipinski definition) is 3. The number of hydrogen-bond donors (Lipinski definition) is 2. The molecule has 0 fully saturated rings. The van der Waals surface area contributed by atoms with Crippen LogP contribution in [-0.4, -0.2) is 33.2 Å². The van der Waals surface area contributed by atoms with E-state index in [0.29, 0.717) is 12.3 Å². The molecule has 1 rings (SSSR count). The molecule has 1 aromatic rings. The fraction of sp³-hybridized carbons (Fsp3) is 0.417. The Hall–Kier alpha value is -1.33. The Morgan fingerprint density at radius 1 is 1.39 bits per heavy atom. The van der Waals surface area contributed by atoms with Gasteiger partial charge in [0.15, 0.2) is 0 Å².